The lowest BCUT2D eigenvalue weighted by molar-refractivity contribution is -0.138. The van der Waals surface area contributed by atoms with Crippen molar-refractivity contribution < 1.29 is 9.90 Å². The third-order valence-electron chi connectivity index (χ3n) is 9.32. The Morgan fingerprint density at radius 2 is 1.68 bits per heavy atom. The maximum Gasteiger partial charge on any atom is 0.225 e. The summed E-state index contributed by atoms with van der Waals surface area (Å²) in [6.45, 7) is 7.81. The summed E-state index contributed by atoms with van der Waals surface area (Å²) in [4.78, 5) is 32.0. The minimum absolute atomic E-state index is 0.127. The lowest BCUT2D eigenvalue weighted by Gasteiger charge is -2.36. The molecule has 0 bridgehead atoms. The number of imidazole rings is 1. The number of aliphatic hydroxyl groups excluding tert-OH is 1. The Kier molecular flexibility index (Phi) is 8.12. The Labute approximate surface area is 242 Å². The fourth-order valence-corrected chi connectivity index (χ4v) is 6.74. The number of benzene rings is 1. The number of aliphatic hydroxyl groups is 1. The number of nitrogens with zero attached hydrogens (tertiary/aromatic N) is 6. The topological polar surface area (TPSA) is 111 Å². The van der Waals surface area contributed by atoms with E-state index in [0.29, 0.717) is 11.9 Å². The third-order valence-corrected chi connectivity index (χ3v) is 9.32. The van der Waals surface area contributed by atoms with Crippen molar-refractivity contribution in [1.82, 2.24) is 29.3 Å². The van der Waals surface area contributed by atoms with Crippen LogP contribution in [-0.2, 0) is 4.79 Å². The van der Waals surface area contributed by atoms with E-state index in [9.17, 15) is 9.90 Å². The molecule has 2 saturated carbocycles. The van der Waals surface area contributed by atoms with E-state index in [4.69, 9.17) is 9.97 Å². The van der Waals surface area contributed by atoms with Crippen molar-refractivity contribution in [3.8, 4) is 0 Å². The molecule has 3 fully saturated rings. The van der Waals surface area contributed by atoms with Gasteiger partial charge in [0.25, 0.3) is 0 Å². The lowest BCUT2D eigenvalue weighted by atomic mass is 9.85. The molecule has 6 rings (SSSR count). The number of likely N-dealkylation sites (N-methyl/N-ethyl adjacent to an activating group) is 1. The molecule has 0 radical (unpaired) electrons. The van der Waals surface area contributed by atoms with Gasteiger partial charge < -0.3 is 25.5 Å². The highest BCUT2D eigenvalue weighted by Gasteiger charge is 2.31. The monoisotopic (exact) mass is 560 g/mol. The molecule has 220 valence electrons. The van der Waals surface area contributed by atoms with Gasteiger partial charge in [0.05, 0.1) is 12.3 Å². The average Bonchev–Trinajstić information content (AvgIpc) is 3.32. The fraction of sp³-hybridized carbons (Fsp3) is 0.613. The molecule has 10 nitrogen and oxygen atoms in total. The van der Waals surface area contributed by atoms with E-state index >= 15 is 0 Å². The van der Waals surface area contributed by atoms with Crippen LogP contribution < -0.4 is 10.6 Å². The van der Waals surface area contributed by atoms with E-state index in [1.54, 1.807) is 0 Å². The summed E-state index contributed by atoms with van der Waals surface area (Å²) in [7, 11) is 2.12. The van der Waals surface area contributed by atoms with Crippen LogP contribution >= 0.6 is 0 Å². The van der Waals surface area contributed by atoms with Crippen LogP contribution in [0.1, 0.15) is 68.5 Å². The number of nitrogens with one attached hydrogen (secondary N) is 2. The third kappa shape index (κ3) is 6.18. The zero-order valence-electron chi connectivity index (χ0n) is 24.6. The summed E-state index contributed by atoms with van der Waals surface area (Å²) >= 11 is 0. The van der Waals surface area contributed by atoms with Crippen molar-refractivity contribution >= 4 is 34.7 Å². The Hall–Kier alpha value is -3.24. The number of amides is 1. The number of rotatable bonds is 6. The number of piperazine rings is 1. The second kappa shape index (κ2) is 11.9. The van der Waals surface area contributed by atoms with Crippen LogP contribution in [0.2, 0.25) is 0 Å². The molecule has 3 aromatic rings. The molecule has 1 aromatic carbocycles. The lowest BCUT2D eigenvalue weighted by Crippen LogP contribution is -2.49. The number of fused-ring (bicyclic) bond motifs is 1. The minimum atomic E-state index is -0.234. The number of carbonyl (C=O) groups is 1. The van der Waals surface area contributed by atoms with Gasteiger partial charge in [0.15, 0.2) is 5.65 Å². The van der Waals surface area contributed by atoms with Crippen LogP contribution in [0.5, 0.6) is 0 Å². The molecule has 2 aliphatic carbocycles. The van der Waals surface area contributed by atoms with E-state index < -0.39 is 0 Å². The Morgan fingerprint density at radius 1 is 0.951 bits per heavy atom. The van der Waals surface area contributed by atoms with Crippen LogP contribution in [0.3, 0.4) is 0 Å². The van der Waals surface area contributed by atoms with Gasteiger partial charge in [0.1, 0.15) is 5.52 Å². The Balaban J connectivity index is 1.18. The smallest absolute Gasteiger partial charge is 0.225 e. The van der Waals surface area contributed by atoms with E-state index in [1.807, 2.05) is 6.20 Å². The van der Waals surface area contributed by atoms with Crippen LogP contribution in [-0.4, -0.2) is 85.7 Å². The van der Waals surface area contributed by atoms with Gasteiger partial charge in [-0.2, -0.15) is 4.98 Å². The first-order chi connectivity index (χ1) is 19.8. The van der Waals surface area contributed by atoms with Gasteiger partial charge in [0, 0.05) is 49.9 Å². The molecule has 1 aliphatic heterocycles. The second-order valence-electron chi connectivity index (χ2n) is 12.4. The highest BCUT2D eigenvalue weighted by Crippen LogP contribution is 2.36. The van der Waals surface area contributed by atoms with Gasteiger partial charge in [-0.3, -0.25) is 9.36 Å². The van der Waals surface area contributed by atoms with E-state index in [0.717, 1.165) is 106 Å². The molecule has 1 amide bonds. The molecule has 3 heterocycles. The second-order valence-corrected chi connectivity index (χ2v) is 12.4. The van der Waals surface area contributed by atoms with Crippen molar-refractivity contribution in [2.45, 2.75) is 83.4 Å². The van der Waals surface area contributed by atoms with Crippen molar-refractivity contribution in [2.75, 3.05) is 43.9 Å². The average molecular weight is 561 g/mol. The molecular weight excluding hydrogens is 516 g/mol. The standard InChI is InChI=1S/C31H44N8O2/c1-20-4-13-26(21(2)18-20)34-31-35-27-19-32-30(36-28(27)39(31)24-9-11-25(40)12-10-24)33-23-7-5-22(6-8-23)29(41)38-16-14-37(3)15-17-38/h4,13,18-19,22-25,40H,5-12,14-17H2,1-3H3,(H,34,35)(H,32,33,36). The predicted molar refractivity (Wildman–Crippen MR) is 161 cm³/mol. The summed E-state index contributed by atoms with van der Waals surface area (Å²) in [6.07, 6.45) is 8.57. The first-order valence-electron chi connectivity index (χ1n) is 15.3. The maximum absolute atomic E-state index is 13.1. The van der Waals surface area contributed by atoms with Gasteiger partial charge in [-0.1, -0.05) is 17.7 Å². The van der Waals surface area contributed by atoms with Crippen LogP contribution in [0.15, 0.2) is 24.4 Å². The maximum atomic E-state index is 13.1. The molecule has 0 unspecified atom stereocenters. The van der Waals surface area contributed by atoms with Crippen LogP contribution in [0, 0.1) is 19.8 Å². The Morgan fingerprint density at radius 3 is 2.39 bits per heavy atom. The first kappa shape index (κ1) is 27.9. The van der Waals surface area contributed by atoms with Crippen molar-refractivity contribution in [3.05, 3.63) is 35.5 Å². The molecule has 2 aromatic heterocycles. The van der Waals surface area contributed by atoms with Crippen LogP contribution in [0.25, 0.3) is 11.2 Å². The van der Waals surface area contributed by atoms with Crippen LogP contribution in [0.4, 0.5) is 17.6 Å². The zero-order chi connectivity index (χ0) is 28.5. The Bertz CT molecular complexity index is 1370. The summed E-state index contributed by atoms with van der Waals surface area (Å²) in [5, 5.41) is 17.3. The van der Waals surface area contributed by atoms with Crippen molar-refractivity contribution in [3.63, 3.8) is 0 Å². The summed E-state index contributed by atoms with van der Waals surface area (Å²) in [5.41, 5.74) is 4.99. The highest BCUT2D eigenvalue weighted by atomic mass is 16.3. The fourth-order valence-electron chi connectivity index (χ4n) is 6.74. The van der Waals surface area contributed by atoms with Gasteiger partial charge in [-0.05, 0) is 83.9 Å². The highest BCUT2D eigenvalue weighted by molar-refractivity contribution is 5.79. The normalized spacial score (nSPS) is 25.8. The SMILES string of the molecule is Cc1ccc(Nc2nc3cnc(NC4CCC(C(=O)N5CCN(C)CC5)CC4)nc3n2C2CCC(O)CC2)c(C)c1. The van der Waals surface area contributed by atoms with Gasteiger partial charge >= 0.3 is 0 Å². The van der Waals surface area contributed by atoms with E-state index in [2.05, 4.69) is 69.1 Å². The van der Waals surface area contributed by atoms with Gasteiger partial charge in [0.2, 0.25) is 17.8 Å². The molecule has 10 heteroatoms. The molecule has 0 spiro atoms. The quantitative estimate of drug-likeness (QED) is 0.407. The molecule has 3 aliphatic rings. The van der Waals surface area contributed by atoms with Crippen molar-refractivity contribution in [1.29, 1.82) is 0 Å². The largest absolute Gasteiger partial charge is 0.393 e. The number of carbonyl (C=O) groups excluding carboxylic acids is 1. The molecule has 1 saturated heterocycles. The molecule has 0 atom stereocenters. The number of aryl methyl sites for hydroxylation is 2. The predicted octanol–water partition coefficient (Wildman–Crippen LogP) is 4.41. The molecule has 41 heavy (non-hydrogen) atoms. The number of anilines is 3. The number of aromatic nitrogens is 4. The molecular formula is C31H44N8O2. The minimum Gasteiger partial charge on any atom is -0.393 e. The summed E-state index contributed by atoms with van der Waals surface area (Å²) in [6, 6.07) is 6.83. The number of hydrogen-bond acceptors (Lipinski definition) is 8. The van der Waals surface area contributed by atoms with Crippen molar-refractivity contribution in [2.24, 2.45) is 5.92 Å². The molecule has 3 N–H and O–H groups in total. The summed E-state index contributed by atoms with van der Waals surface area (Å²) < 4.78 is 2.22. The van der Waals surface area contributed by atoms with Gasteiger partial charge in [-0.15, -0.1) is 0 Å². The van der Waals surface area contributed by atoms with E-state index in [1.165, 1.54) is 5.56 Å². The van der Waals surface area contributed by atoms with E-state index in [-0.39, 0.29) is 24.1 Å². The first-order valence-corrected chi connectivity index (χ1v) is 15.3. The summed E-state index contributed by atoms with van der Waals surface area (Å²) in [5.74, 6) is 1.84. The van der Waals surface area contributed by atoms with Gasteiger partial charge in [-0.25, -0.2) is 9.97 Å². The zero-order valence-corrected chi connectivity index (χ0v) is 24.6. The number of hydrogen-bond donors (Lipinski definition) is 3.